The summed E-state index contributed by atoms with van der Waals surface area (Å²) in [4.78, 5) is 77.2. The number of para-hydroxylation sites is 2. The Kier molecular flexibility index (Phi) is 10.4. The van der Waals surface area contributed by atoms with Crippen LogP contribution >= 0.6 is 30.4 Å². The number of rotatable bonds is 12. The van der Waals surface area contributed by atoms with Crippen LogP contribution in [0.3, 0.4) is 0 Å². The van der Waals surface area contributed by atoms with Gasteiger partial charge in [0.2, 0.25) is 11.0 Å². The van der Waals surface area contributed by atoms with Gasteiger partial charge >= 0.3 is 30.4 Å². The second-order valence-corrected chi connectivity index (χ2v) is 18.9. The van der Waals surface area contributed by atoms with Crippen molar-refractivity contribution in [2.24, 2.45) is 0 Å². The van der Waals surface area contributed by atoms with Gasteiger partial charge in [-0.25, -0.2) is 0 Å². The Morgan fingerprint density at radius 2 is 0.795 bits per heavy atom. The van der Waals surface area contributed by atoms with Gasteiger partial charge < -0.3 is 49.8 Å². The van der Waals surface area contributed by atoms with E-state index in [0.29, 0.717) is 22.3 Å². The lowest BCUT2D eigenvalue weighted by Crippen LogP contribution is -2.27. The minimum atomic E-state index is -5.29. The van der Waals surface area contributed by atoms with E-state index in [2.05, 4.69) is 10.6 Å². The van der Waals surface area contributed by atoms with Gasteiger partial charge in [-0.15, -0.1) is 0 Å². The van der Waals surface area contributed by atoms with Crippen molar-refractivity contribution in [3.05, 3.63) is 95.1 Å². The van der Waals surface area contributed by atoms with E-state index in [4.69, 9.17) is 0 Å². The fraction of sp³-hybridized carbons (Fsp3) is 0.308. The zero-order chi connectivity index (χ0) is 33.5. The Morgan fingerprint density at radius 1 is 0.500 bits per heavy atom. The molecule has 0 heterocycles. The van der Waals surface area contributed by atoms with Crippen LogP contribution in [0.1, 0.15) is 49.9 Å². The minimum absolute atomic E-state index is 0.0919. The lowest BCUT2D eigenvalue weighted by Gasteiger charge is -2.34. The molecule has 0 unspecified atom stereocenters. The Bertz CT molecular complexity index is 1540. The second kappa shape index (κ2) is 12.6. The summed E-state index contributed by atoms with van der Waals surface area (Å²) in [6.07, 6.45) is 0. The Morgan fingerprint density at radius 3 is 1.09 bits per heavy atom. The van der Waals surface area contributed by atoms with Gasteiger partial charge in [0.1, 0.15) is 0 Å². The first-order valence-corrected chi connectivity index (χ1v) is 19.6. The third kappa shape index (κ3) is 8.17. The van der Waals surface area contributed by atoms with Crippen LogP contribution in [0.25, 0.3) is 0 Å². The maximum atomic E-state index is 12.0. The maximum Gasteiger partial charge on any atom is 0.360 e. The van der Waals surface area contributed by atoms with Crippen LogP contribution in [-0.4, -0.2) is 50.2 Å². The molecule has 0 aromatic heterocycles. The van der Waals surface area contributed by atoms with Crippen molar-refractivity contribution in [1.82, 2.24) is 0 Å². The van der Waals surface area contributed by atoms with Gasteiger partial charge in [0.15, 0.2) is 0 Å². The van der Waals surface area contributed by atoms with Gasteiger partial charge in [0.05, 0.1) is 0 Å². The van der Waals surface area contributed by atoms with E-state index in [9.17, 15) is 57.4 Å². The highest BCUT2D eigenvalue weighted by Crippen LogP contribution is 2.61. The highest BCUT2D eigenvalue weighted by atomic mass is 31.2. The minimum Gasteiger partial charge on any atom is -0.361 e. The van der Waals surface area contributed by atoms with Crippen LogP contribution in [0.5, 0.6) is 0 Å². The Labute approximate surface area is 254 Å². The van der Waals surface area contributed by atoms with E-state index in [1.807, 2.05) is 33.8 Å². The van der Waals surface area contributed by atoms with Crippen LogP contribution in [0.15, 0.2) is 72.8 Å². The largest absolute Gasteiger partial charge is 0.361 e. The molecule has 0 aliphatic heterocycles. The first-order chi connectivity index (χ1) is 19.9. The second-order valence-electron chi connectivity index (χ2n) is 11.3. The molecule has 0 spiro atoms. The molecule has 0 saturated carbocycles. The summed E-state index contributed by atoms with van der Waals surface area (Å²) in [5, 5.41) is 4.72. The monoisotopic (exact) mass is 692 g/mol. The summed E-state index contributed by atoms with van der Waals surface area (Å²) < 4.78 is 47.8. The normalized spacial score (nSPS) is 13.8. The zero-order valence-corrected chi connectivity index (χ0v) is 27.7. The SMILES string of the molecule is CC(C)(c1cccc(C(C)(C)c2ccccc2NC(P(=O)(O)O)P(=O)(O)O)c1)c1ccccc1NC(P(=O)(O)O)P(=O)(O)O. The molecule has 18 heteroatoms. The first-order valence-electron chi connectivity index (χ1n) is 12.9. The fourth-order valence-corrected chi connectivity index (χ4v) is 9.29. The number of benzene rings is 3. The van der Waals surface area contributed by atoms with Crippen molar-refractivity contribution in [2.45, 2.75) is 49.6 Å². The van der Waals surface area contributed by atoms with E-state index >= 15 is 0 Å². The van der Waals surface area contributed by atoms with E-state index in [-0.39, 0.29) is 11.4 Å². The molecular formula is C26H36N2O12P4. The van der Waals surface area contributed by atoms with Gasteiger partial charge in [0, 0.05) is 22.2 Å². The molecule has 0 aliphatic carbocycles. The van der Waals surface area contributed by atoms with Gasteiger partial charge in [-0.3, -0.25) is 18.3 Å². The predicted octanol–water partition coefficient (Wildman–Crippen LogP) is 4.44. The molecule has 14 nitrogen and oxygen atoms in total. The summed E-state index contributed by atoms with van der Waals surface area (Å²) in [7, 11) is -21.1. The van der Waals surface area contributed by atoms with E-state index in [1.165, 1.54) is 12.1 Å². The number of nitrogens with one attached hydrogen (secondary N) is 2. The Hall–Kier alpha value is -2.14. The molecule has 10 N–H and O–H groups in total. The van der Waals surface area contributed by atoms with E-state index in [0.717, 1.165) is 0 Å². The van der Waals surface area contributed by atoms with Crippen LogP contribution in [-0.2, 0) is 29.1 Å². The van der Waals surface area contributed by atoms with Crippen molar-refractivity contribution in [3.8, 4) is 0 Å². The molecule has 0 saturated heterocycles. The fourth-order valence-electron chi connectivity index (χ4n) is 4.92. The highest BCUT2D eigenvalue weighted by Gasteiger charge is 2.45. The molecule has 0 atom stereocenters. The lowest BCUT2D eigenvalue weighted by atomic mass is 9.72. The third-order valence-electron chi connectivity index (χ3n) is 7.35. The van der Waals surface area contributed by atoms with Gasteiger partial charge in [-0.2, -0.15) is 0 Å². The summed E-state index contributed by atoms with van der Waals surface area (Å²) in [5.41, 5.74) is -4.25. The van der Waals surface area contributed by atoms with Crippen molar-refractivity contribution in [3.63, 3.8) is 0 Å². The third-order valence-corrected chi connectivity index (χ3v) is 14.0. The first kappa shape index (κ1) is 36.3. The molecule has 242 valence electrons. The van der Waals surface area contributed by atoms with Crippen LogP contribution in [0.4, 0.5) is 11.4 Å². The number of hydrogen-bond acceptors (Lipinski definition) is 6. The summed E-state index contributed by atoms with van der Waals surface area (Å²) in [6.45, 7) is 7.24. The molecule has 0 radical (unpaired) electrons. The maximum absolute atomic E-state index is 12.0. The van der Waals surface area contributed by atoms with Crippen LogP contribution in [0, 0.1) is 0 Å². The molecule has 44 heavy (non-hydrogen) atoms. The van der Waals surface area contributed by atoms with Crippen molar-refractivity contribution >= 4 is 41.8 Å². The van der Waals surface area contributed by atoms with Gasteiger partial charge in [-0.1, -0.05) is 88.4 Å². The molecule has 3 aromatic carbocycles. The molecule has 0 amide bonds. The predicted molar refractivity (Wildman–Crippen MR) is 167 cm³/mol. The van der Waals surface area contributed by atoms with Crippen LogP contribution in [0.2, 0.25) is 0 Å². The summed E-state index contributed by atoms with van der Waals surface area (Å²) in [5.74, 6) is 0. The highest BCUT2D eigenvalue weighted by molar-refractivity contribution is 7.71. The summed E-state index contributed by atoms with van der Waals surface area (Å²) in [6, 6.07) is 19.8. The Balaban J connectivity index is 2.10. The number of anilines is 2. The molecular weight excluding hydrogens is 656 g/mol. The summed E-state index contributed by atoms with van der Waals surface area (Å²) >= 11 is 0. The lowest BCUT2D eigenvalue weighted by molar-refractivity contribution is 0.339. The average molecular weight is 692 g/mol. The van der Waals surface area contributed by atoms with Crippen molar-refractivity contribution in [2.75, 3.05) is 10.6 Å². The van der Waals surface area contributed by atoms with E-state index < -0.39 is 52.3 Å². The van der Waals surface area contributed by atoms with Crippen LogP contribution < -0.4 is 10.6 Å². The van der Waals surface area contributed by atoms with Gasteiger partial charge in [0.25, 0.3) is 0 Å². The standard InChI is InChI=1S/C26H36N2O12P4/c1-25(2,19-12-5-7-14-21(19)27-23(41(29,30)31)42(32,33)34)17-10-9-11-18(16-17)26(3,4)20-13-6-8-15-22(20)28-24(43(35,36)37)44(38,39)40/h5-16,23-24,27-28H,1-4H3,(H2,29,30,31)(H2,32,33,34)(H2,35,36,37)(H2,38,39,40). The molecule has 3 rings (SSSR count). The van der Waals surface area contributed by atoms with Crippen molar-refractivity contribution in [1.29, 1.82) is 0 Å². The topological polar surface area (TPSA) is 254 Å². The van der Waals surface area contributed by atoms with Gasteiger partial charge in [-0.05, 0) is 34.4 Å². The molecule has 0 fully saturated rings. The average Bonchev–Trinajstić information content (AvgIpc) is 2.88. The molecule has 3 aromatic rings. The molecule has 0 aliphatic rings. The smallest absolute Gasteiger partial charge is 0.360 e. The molecule has 0 bridgehead atoms. The van der Waals surface area contributed by atoms with E-state index in [1.54, 1.807) is 54.6 Å². The quantitative estimate of drug-likeness (QED) is 0.118. The zero-order valence-electron chi connectivity index (χ0n) is 24.1. The van der Waals surface area contributed by atoms with Crippen molar-refractivity contribution < 1.29 is 57.4 Å². The number of hydrogen-bond donors (Lipinski definition) is 10.